The van der Waals surface area contributed by atoms with Crippen molar-refractivity contribution in [1.82, 2.24) is 9.38 Å². The van der Waals surface area contributed by atoms with E-state index in [1.54, 1.807) is 0 Å². The highest BCUT2D eigenvalue weighted by molar-refractivity contribution is 5.40. The molecule has 0 spiro atoms. The number of imidazole rings is 1. The Morgan fingerprint density at radius 2 is 2.38 bits per heavy atom. The molecule has 4 nitrogen and oxygen atoms in total. The number of pyridine rings is 1. The first-order valence-electron chi connectivity index (χ1n) is 8.00. The number of fused-ring (bicyclic) bond motifs is 1. The van der Waals surface area contributed by atoms with E-state index in [1.807, 2.05) is 35.0 Å². The van der Waals surface area contributed by atoms with Crippen LogP contribution in [0.4, 0.5) is 0 Å². The van der Waals surface area contributed by atoms with Crippen molar-refractivity contribution in [2.45, 2.75) is 45.1 Å². The highest BCUT2D eigenvalue weighted by Crippen LogP contribution is 2.47. The largest absolute Gasteiger partial charge is 0.386 e. The first kappa shape index (κ1) is 14.5. The molecular weight excluding hydrogens is 262 g/mol. The van der Waals surface area contributed by atoms with Crippen molar-refractivity contribution in [3.05, 3.63) is 36.3 Å². The zero-order valence-corrected chi connectivity index (χ0v) is 12.7. The van der Waals surface area contributed by atoms with Gasteiger partial charge in [-0.05, 0) is 30.9 Å². The SMILES string of the molecule is CCC1CCCC(CN)(C(O)c2cn3ccccc3n2)C1. The molecule has 0 bridgehead atoms. The zero-order valence-electron chi connectivity index (χ0n) is 12.7. The highest BCUT2D eigenvalue weighted by atomic mass is 16.3. The van der Waals surface area contributed by atoms with Crippen molar-refractivity contribution in [3.63, 3.8) is 0 Å². The molecule has 0 saturated heterocycles. The minimum Gasteiger partial charge on any atom is -0.386 e. The standard InChI is InChI=1S/C17H25N3O/c1-2-13-6-5-8-17(10-13,12-18)16(21)14-11-20-9-4-3-7-15(20)19-14/h3-4,7,9,11,13,16,21H,2,5-6,8,10,12,18H2,1H3. The van der Waals surface area contributed by atoms with Gasteiger partial charge in [0.1, 0.15) is 11.8 Å². The lowest BCUT2D eigenvalue weighted by atomic mass is 9.65. The molecule has 114 valence electrons. The Labute approximate surface area is 126 Å². The first-order valence-corrected chi connectivity index (χ1v) is 8.00. The topological polar surface area (TPSA) is 63.5 Å². The third-order valence-corrected chi connectivity index (χ3v) is 5.21. The summed E-state index contributed by atoms with van der Waals surface area (Å²) in [5.74, 6) is 0.675. The van der Waals surface area contributed by atoms with Crippen LogP contribution < -0.4 is 5.73 Å². The fraction of sp³-hybridized carbons (Fsp3) is 0.588. The monoisotopic (exact) mass is 287 g/mol. The number of aliphatic hydroxyl groups excluding tert-OH is 1. The number of hydrogen-bond donors (Lipinski definition) is 2. The van der Waals surface area contributed by atoms with E-state index in [1.165, 1.54) is 12.8 Å². The molecule has 1 saturated carbocycles. The maximum absolute atomic E-state index is 11.0. The van der Waals surface area contributed by atoms with Gasteiger partial charge in [-0.1, -0.05) is 32.3 Å². The molecular formula is C17H25N3O. The third kappa shape index (κ3) is 2.58. The number of rotatable bonds is 4. The Bertz CT molecular complexity index is 576. The first-order chi connectivity index (χ1) is 10.2. The lowest BCUT2D eigenvalue weighted by Crippen LogP contribution is -2.41. The van der Waals surface area contributed by atoms with Crippen LogP contribution in [0.2, 0.25) is 0 Å². The van der Waals surface area contributed by atoms with Gasteiger partial charge in [-0.2, -0.15) is 0 Å². The highest BCUT2D eigenvalue weighted by Gasteiger charge is 2.42. The average molecular weight is 287 g/mol. The van der Waals surface area contributed by atoms with Gasteiger partial charge in [-0.25, -0.2) is 4.98 Å². The van der Waals surface area contributed by atoms with Gasteiger partial charge in [-0.15, -0.1) is 0 Å². The van der Waals surface area contributed by atoms with Crippen LogP contribution in [0.25, 0.3) is 5.65 Å². The Morgan fingerprint density at radius 1 is 1.52 bits per heavy atom. The van der Waals surface area contributed by atoms with Gasteiger partial charge in [-0.3, -0.25) is 0 Å². The van der Waals surface area contributed by atoms with E-state index in [0.29, 0.717) is 12.5 Å². The molecule has 1 fully saturated rings. The number of aliphatic hydroxyl groups is 1. The van der Waals surface area contributed by atoms with E-state index in [9.17, 15) is 5.11 Å². The smallest absolute Gasteiger partial charge is 0.137 e. The van der Waals surface area contributed by atoms with Crippen molar-refractivity contribution >= 4 is 5.65 Å². The van der Waals surface area contributed by atoms with Crippen molar-refractivity contribution in [2.75, 3.05) is 6.54 Å². The van der Waals surface area contributed by atoms with Gasteiger partial charge >= 0.3 is 0 Å². The molecule has 4 heteroatoms. The Hall–Kier alpha value is -1.39. The molecule has 1 aliphatic rings. The summed E-state index contributed by atoms with van der Waals surface area (Å²) in [6.45, 7) is 2.76. The average Bonchev–Trinajstić information content (AvgIpc) is 2.98. The number of nitrogens with two attached hydrogens (primary N) is 1. The minimum atomic E-state index is -0.572. The zero-order chi connectivity index (χ0) is 14.9. The molecule has 0 aliphatic heterocycles. The molecule has 1 aliphatic carbocycles. The molecule has 3 unspecified atom stereocenters. The summed E-state index contributed by atoms with van der Waals surface area (Å²) in [5, 5.41) is 11.0. The molecule has 2 aromatic rings. The summed E-state index contributed by atoms with van der Waals surface area (Å²) < 4.78 is 1.96. The van der Waals surface area contributed by atoms with Crippen LogP contribution in [0.1, 0.15) is 50.8 Å². The summed E-state index contributed by atoms with van der Waals surface area (Å²) in [6, 6.07) is 5.89. The maximum Gasteiger partial charge on any atom is 0.137 e. The Morgan fingerprint density at radius 3 is 3.10 bits per heavy atom. The van der Waals surface area contributed by atoms with Gasteiger partial charge in [0.2, 0.25) is 0 Å². The molecule has 21 heavy (non-hydrogen) atoms. The van der Waals surface area contributed by atoms with Crippen molar-refractivity contribution < 1.29 is 5.11 Å². The van der Waals surface area contributed by atoms with Gasteiger partial charge in [0.15, 0.2) is 0 Å². The lowest BCUT2D eigenvalue weighted by molar-refractivity contribution is -0.0184. The van der Waals surface area contributed by atoms with Crippen LogP contribution >= 0.6 is 0 Å². The quantitative estimate of drug-likeness (QED) is 0.908. The van der Waals surface area contributed by atoms with E-state index >= 15 is 0 Å². The van der Waals surface area contributed by atoms with Crippen molar-refractivity contribution in [3.8, 4) is 0 Å². The van der Waals surface area contributed by atoms with Gasteiger partial charge < -0.3 is 15.2 Å². The normalized spacial score (nSPS) is 27.9. The van der Waals surface area contributed by atoms with E-state index < -0.39 is 6.10 Å². The minimum absolute atomic E-state index is 0.211. The molecule has 3 atom stereocenters. The summed E-state index contributed by atoms with van der Waals surface area (Å²) in [4.78, 5) is 4.59. The van der Waals surface area contributed by atoms with Crippen LogP contribution in [-0.4, -0.2) is 21.0 Å². The van der Waals surface area contributed by atoms with E-state index in [4.69, 9.17) is 5.73 Å². The summed E-state index contributed by atoms with van der Waals surface area (Å²) in [7, 11) is 0. The van der Waals surface area contributed by atoms with Crippen LogP contribution in [-0.2, 0) is 0 Å². The van der Waals surface area contributed by atoms with Gasteiger partial charge in [0.25, 0.3) is 0 Å². The molecule has 2 heterocycles. The molecule has 2 aromatic heterocycles. The van der Waals surface area contributed by atoms with Crippen LogP contribution in [0.15, 0.2) is 30.6 Å². The Kier molecular flexibility index (Phi) is 4.00. The predicted octanol–water partition coefficient (Wildman–Crippen LogP) is 2.91. The number of nitrogens with zero attached hydrogens (tertiary/aromatic N) is 2. The summed E-state index contributed by atoms with van der Waals surface area (Å²) in [6.07, 6.45) is 8.91. The fourth-order valence-electron chi connectivity index (χ4n) is 3.82. The van der Waals surface area contributed by atoms with Gasteiger partial charge in [0.05, 0.1) is 5.69 Å². The molecule has 3 rings (SSSR count). The summed E-state index contributed by atoms with van der Waals surface area (Å²) >= 11 is 0. The van der Waals surface area contributed by atoms with E-state index in [2.05, 4.69) is 11.9 Å². The fourth-order valence-corrected chi connectivity index (χ4v) is 3.82. The van der Waals surface area contributed by atoms with E-state index in [-0.39, 0.29) is 5.41 Å². The van der Waals surface area contributed by atoms with Crippen molar-refractivity contribution in [2.24, 2.45) is 17.1 Å². The molecule has 0 amide bonds. The van der Waals surface area contributed by atoms with Crippen LogP contribution in [0.3, 0.4) is 0 Å². The van der Waals surface area contributed by atoms with Crippen molar-refractivity contribution in [1.29, 1.82) is 0 Å². The Balaban J connectivity index is 1.92. The maximum atomic E-state index is 11.0. The van der Waals surface area contributed by atoms with Gasteiger partial charge in [0, 0.05) is 24.4 Å². The molecule has 0 radical (unpaired) electrons. The second-order valence-corrected chi connectivity index (χ2v) is 6.47. The lowest BCUT2D eigenvalue weighted by Gasteiger charge is -2.42. The molecule has 0 aromatic carbocycles. The molecule has 3 N–H and O–H groups in total. The second-order valence-electron chi connectivity index (χ2n) is 6.47. The third-order valence-electron chi connectivity index (χ3n) is 5.21. The van der Waals surface area contributed by atoms with E-state index in [0.717, 1.165) is 30.6 Å². The predicted molar refractivity (Wildman–Crippen MR) is 83.9 cm³/mol. The number of hydrogen-bond acceptors (Lipinski definition) is 3. The summed E-state index contributed by atoms with van der Waals surface area (Å²) in [5.41, 5.74) is 7.51. The van der Waals surface area contributed by atoms with Crippen LogP contribution in [0, 0.1) is 11.3 Å². The second kappa shape index (κ2) is 5.78. The number of aromatic nitrogens is 2. The van der Waals surface area contributed by atoms with Crippen LogP contribution in [0.5, 0.6) is 0 Å².